The lowest BCUT2D eigenvalue weighted by molar-refractivity contribution is 0.0141. The van der Waals surface area contributed by atoms with E-state index in [4.69, 9.17) is 4.74 Å². The summed E-state index contributed by atoms with van der Waals surface area (Å²) in [7, 11) is 0. The van der Waals surface area contributed by atoms with Crippen LogP contribution in [0.3, 0.4) is 0 Å². The van der Waals surface area contributed by atoms with E-state index in [1.165, 1.54) is 11.8 Å². The molecule has 0 aromatic carbocycles. The van der Waals surface area contributed by atoms with Crippen molar-refractivity contribution in [3.05, 3.63) is 47.7 Å². The number of carbonyl (C=O) groups excluding carboxylic acids is 1. The van der Waals surface area contributed by atoms with Crippen LogP contribution in [0.15, 0.2) is 30.7 Å². The lowest BCUT2D eigenvalue weighted by atomic mass is 9.73. The van der Waals surface area contributed by atoms with Crippen molar-refractivity contribution in [1.82, 2.24) is 20.3 Å². The number of amides is 1. The molecule has 2 aromatic heterocycles. The van der Waals surface area contributed by atoms with E-state index in [2.05, 4.69) is 38.2 Å². The SMILES string of the molecule is Cc1cnc(C(=O)NC[C@H]2[C@H]3CN(c4ncccc4C)C[C@]34CC[C@H]2O4)cn1. The van der Waals surface area contributed by atoms with Gasteiger partial charge in [-0.25, -0.2) is 9.97 Å². The standard InChI is InChI=1S/C21H25N5O2/c1-13-4-3-7-22-19(13)26-11-16-15(18-5-6-21(16,12-26)28-18)9-25-20(27)17-10-23-14(2)8-24-17/h3-4,7-8,10,15-16,18H,5-6,9,11-12H2,1-2H3,(H,25,27)/t15-,16+,18+,21+/m0/s1. The van der Waals surface area contributed by atoms with Crippen molar-refractivity contribution < 1.29 is 9.53 Å². The third-order valence-corrected chi connectivity index (χ3v) is 6.58. The molecule has 3 saturated heterocycles. The number of aromatic nitrogens is 3. The molecular formula is C21H25N5O2. The minimum absolute atomic E-state index is 0.0896. The monoisotopic (exact) mass is 379 g/mol. The van der Waals surface area contributed by atoms with Crippen molar-refractivity contribution in [3.63, 3.8) is 0 Å². The molecule has 0 saturated carbocycles. The van der Waals surface area contributed by atoms with Gasteiger partial charge in [-0.3, -0.25) is 9.78 Å². The summed E-state index contributed by atoms with van der Waals surface area (Å²) >= 11 is 0. The molecule has 7 heteroatoms. The summed E-state index contributed by atoms with van der Waals surface area (Å²) in [6, 6.07) is 4.08. The van der Waals surface area contributed by atoms with E-state index in [1.807, 2.05) is 19.2 Å². The number of aryl methyl sites for hydroxylation is 2. The van der Waals surface area contributed by atoms with E-state index in [9.17, 15) is 4.79 Å². The Morgan fingerprint density at radius 3 is 3.00 bits per heavy atom. The van der Waals surface area contributed by atoms with Crippen molar-refractivity contribution in [1.29, 1.82) is 0 Å². The predicted molar refractivity (Wildman–Crippen MR) is 104 cm³/mol. The second-order valence-corrected chi connectivity index (χ2v) is 8.31. The Bertz CT molecular complexity index is 902. The van der Waals surface area contributed by atoms with Crippen LogP contribution < -0.4 is 10.2 Å². The maximum Gasteiger partial charge on any atom is 0.271 e. The summed E-state index contributed by atoms with van der Waals surface area (Å²) in [4.78, 5) is 27.8. The molecule has 1 amide bonds. The van der Waals surface area contributed by atoms with Gasteiger partial charge in [-0.05, 0) is 38.3 Å². The van der Waals surface area contributed by atoms with E-state index < -0.39 is 0 Å². The summed E-state index contributed by atoms with van der Waals surface area (Å²) in [6.07, 6.45) is 7.40. The molecule has 3 fully saturated rings. The van der Waals surface area contributed by atoms with E-state index in [1.54, 1.807) is 6.20 Å². The van der Waals surface area contributed by atoms with Gasteiger partial charge in [0.25, 0.3) is 5.91 Å². The number of pyridine rings is 1. The third kappa shape index (κ3) is 2.76. The smallest absolute Gasteiger partial charge is 0.271 e. The molecule has 5 heterocycles. The molecule has 4 atom stereocenters. The van der Waals surface area contributed by atoms with Gasteiger partial charge in [0, 0.05) is 43.9 Å². The molecule has 2 aromatic rings. The fraction of sp³-hybridized carbons (Fsp3) is 0.524. The van der Waals surface area contributed by atoms with Crippen LogP contribution in [-0.4, -0.2) is 52.2 Å². The Morgan fingerprint density at radius 2 is 2.21 bits per heavy atom. The number of nitrogens with zero attached hydrogens (tertiary/aromatic N) is 4. The van der Waals surface area contributed by atoms with Gasteiger partial charge < -0.3 is 15.0 Å². The second-order valence-electron chi connectivity index (χ2n) is 8.31. The van der Waals surface area contributed by atoms with Crippen molar-refractivity contribution in [2.75, 3.05) is 24.5 Å². The lowest BCUT2D eigenvalue weighted by Crippen LogP contribution is -2.42. The van der Waals surface area contributed by atoms with Gasteiger partial charge in [0.2, 0.25) is 0 Å². The molecule has 2 bridgehead atoms. The molecule has 7 nitrogen and oxygen atoms in total. The van der Waals surface area contributed by atoms with Gasteiger partial charge in [0.15, 0.2) is 0 Å². The Morgan fingerprint density at radius 1 is 1.32 bits per heavy atom. The van der Waals surface area contributed by atoms with Crippen LogP contribution in [0.4, 0.5) is 5.82 Å². The van der Waals surface area contributed by atoms with Crippen LogP contribution in [0.2, 0.25) is 0 Å². The molecule has 1 spiro atoms. The number of hydrogen-bond acceptors (Lipinski definition) is 6. The largest absolute Gasteiger partial charge is 0.369 e. The zero-order valence-electron chi connectivity index (χ0n) is 16.3. The van der Waals surface area contributed by atoms with Crippen molar-refractivity contribution in [2.24, 2.45) is 11.8 Å². The van der Waals surface area contributed by atoms with Crippen LogP contribution >= 0.6 is 0 Å². The summed E-state index contributed by atoms with van der Waals surface area (Å²) in [5.41, 5.74) is 2.27. The quantitative estimate of drug-likeness (QED) is 0.874. The first-order chi connectivity index (χ1) is 13.6. The molecule has 1 N–H and O–H groups in total. The number of rotatable bonds is 4. The average Bonchev–Trinajstić information content (AvgIpc) is 3.35. The van der Waals surface area contributed by atoms with Gasteiger partial charge in [-0.1, -0.05) is 6.07 Å². The Labute approximate surface area is 164 Å². The zero-order valence-corrected chi connectivity index (χ0v) is 16.3. The number of ether oxygens (including phenoxy) is 1. The summed E-state index contributed by atoms with van der Waals surface area (Å²) < 4.78 is 6.49. The Balaban J connectivity index is 1.30. The van der Waals surface area contributed by atoms with Crippen LogP contribution in [0.25, 0.3) is 0 Å². The number of hydrogen-bond donors (Lipinski definition) is 1. The first kappa shape index (κ1) is 17.6. The highest BCUT2D eigenvalue weighted by atomic mass is 16.5. The first-order valence-electron chi connectivity index (χ1n) is 9.97. The molecule has 3 aliphatic rings. The summed E-state index contributed by atoms with van der Waals surface area (Å²) in [6.45, 7) is 6.39. The van der Waals surface area contributed by atoms with Crippen LogP contribution in [0.5, 0.6) is 0 Å². The van der Waals surface area contributed by atoms with Crippen LogP contribution in [0, 0.1) is 25.7 Å². The minimum Gasteiger partial charge on any atom is -0.369 e. The molecule has 28 heavy (non-hydrogen) atoms. The zero-order chi connectivity index (χ0) is 19.3. The minimum atomic E-state index is -0.167. The summed E-state index contributed by atoms with van der Waals surface area (Å²) in [5, 5.41) is 3.06. The van der Waals surface area contributed by atoms with E-state index in [0.29, 0.717) is 24.1 Å². The second kappa shape index (κ2) is 6.51. The van der Waals surface area contributed by atoms with Gasteiger partial charge in [-0.15, -0.1) is 0 Å². The first-order valence-corrected chi connectivity index (χ1v) is 9.97. The van der Waals surface area contributed by atoms with Crippen molar-refractivity contribution in [3.8, 4) is 0 Å². The molecular weight excluding hydrogens is 354 g/mol. The summed E-state index contributed by atoms with van der Waals surface area (Å²) in [5.74, 6) is 1.62. The van der Waals surface area contributed by atoms with E-state index >= 15 is 0 Å². The van der Waals surface area contributed by atoms with Gasteiger partial charge in [0.1, 0.15) is 11.5 Å². The fourth-order valence-electron chi connectivity index (χ4n) is 5.24. The van der Waals surface area contributed by atoms with Crippen LogP contribution in [0.1, 0.15) is 34.6 Å². The average molecular weight is 379 g/mol. The highest BCUT2D eigenvalue weighted by molar-refractivity contribution is 5.91. The van der Waals surface area contributed by atoms with Crippen molar-refractivity contribution >= 4 is 11.7 Å². The van der Waals surface area contributed by atoms with Gasteiger partial charge in [-0.2, -0.15) is 0 Å². The topological polar surface area (TPSA) is 80.2 Å². The molecule has 3 aliphatic heterocycles. The van der Waals surface area contributed by atoms with Crippen LogP contribution in [-0.2, 0) is 4.74 Å². The Kier molecular flexibility index (Phi) is 4.08. The number of anilines is 1. The molecule has 0 unspecified atom stereocenters. The number of carbonyl (C=O) groups is 1. The Hall–Kier alpha value is -2.54. The van der Waals surface area contributed by atoms with Gasteiger partial charge >= 0.3 is 0 Å². The van der Waals surface area contributed by atoms with Crippen molar-refractivity contribution in [2.45, 2.75) is 38.4 Å². The maximum atomic E-state index is 12.5. The third-order valence-electron chi connectivity index (χ3n) is 6.58. The molecule has 0 aliphatic carbocycles. The molecule has 146 valence electrons. The maximum absolute atomic E-state index is 12.5. The van der Waals surface area contributed by atoms with E-state index in [-0.39, 0.29) is 17.6 Å². The number of nitrogens with one attached hydrogen (secondary N) is 1. The number of fused-ring (bicyclic) bond motifs is 1. The van der Waals surface area contributed by atoms with E-state index in [0.717, 1.165) is 37.4 Å². The highest BCUT2D eigenvalue weighted by Crippen LogP contribution is 2.55. The normalized spacial score (nSPS) is 30.5. The lowest BCUT2D eigenvalue weighted by Gasteiger charge is -2.29. The predicted octanol–water partition coefficient (Wildman–Crippen LogP) is 1.90. The fourth-order valence-corrected chi connectivity index (χ4v) is 5.24. The molecule has 0 radical (unpaired) electrons. The molecule has 5 rings (SSSR count). The van der Waals surface area contributed by atoms with Gasteiger partial charge in [0.05, 0.1) is 23.6 Å². The highest BCUT2D eigenvalue weighted by Gasteiger charge is 2.63.